The van der Waals surface area contributed by atoms with E-state index in [0.29, 0.717) is 12.2 Å². The van der Waals surface area contributed by atoms with Gasteiger partial charge < -0.3 is 4.74 Å². The molecule has 0 amide bonds. The molecule has 0 N–H and O–H groups in total. The smallest absolute Gasteiger partial charge is 0.135 e. The molecule has 0 spiro atoms. The Balaban J connectivity index is 1.25. The minimum Gasteiger partial charge on any atom is -0.497 e. The second-order valence-electron chi connectivity index (χ2n) is 11.4. The number of nitrogens with zero attached hydrogens (tertiary/aromatic N) is 6. The van der Waals surface area contributed by atoms with Crippen LogP contribution in [0.5, 0.6) is 5.75 Å². The van der Waals surface area contributed by atoms with Crippen molar-refractivity contribution in [3.63, 3.8) is 0 Å². The van der Waals surface area contributed by atoms with Crippen LogP contribution >= 0.6 is 0 Å². The van der Waals surface area contributed by atoms with Gasteiger partial charge in [-0.1, -0.05) is 43.3 Å². The quantitative estimate of drug-likeness (QED) is 0.246. The molecule has 2 bridgehead atoms. The molecule has 2 aromatic carbocycles. The lowest BCUT2D eigenvalue weighted by molar-refractivity contribution is 0.243. The third kappa shape index (κ3) is 3.78. The zero-order valence-corrected chi connectivity index (χ0v) is 23.0. The Labute approximate surface area is 236 Å². The number of ether oxygens (including phenoxy) is 1. The van der Waals surface area contributed by atoms with E-state index in [1.165, 1.54) is 18.2 Å². The molecule has 2 atom stereocenters. The molecule has 3 aromatic heterocycles. The third-order valence-corrected chi connectivity index (χ3v) is 9.09. The van der Waals surface area contributed by atoms with E-state index in [1.54, 1.807) is 11.8 Å². The molecular weight excluding hydrogens is 522 g/mol. The van der Waals surface area contributed by atoms with Crippen LogP contribution in [-0.4, -0.2) is 37.3 Å². The maximum absolute atomic E-state index is 14.6. The maximum Gasteiger partial charge on any atom is 0.135 e. The summed E-state index contributed by atoms with van der Waals surface area (Å²) in [4.78, 5) is 5.12. The van der Waals surface area contributed by atoms with Crippen LogP contribution < -0.4 is 4.74 Å². The molecule has 0 aliphatic heterocycles. The van der Waals surface area contributed by atoms with Crippen LogP contribution in [0.1, 0.15) is 55.1 Å². The van der Waals surface area contributed by atoms with Crippen molar-refractivity contribution < 1.29 is 13.5 Å². The number of fused-ring (bicyclic) bond motifs is 5. The van der Waals surface area contributed by atoms with Crippen LogP contribution in [0.3, 0.4) is 0 Å². The Morgan fingerprint density at radius 1 is 0.902 bits per heavy atom. The molecule has 206 valence electrons. The summed E-state index contributed by atoms with van der Waals surface area (Å²) in [6, 6.07) is 19.5. The van der Waals surface area contributed by atoms with Gasteiger partial charge in [-0.2, -0.15) is 5.10 Å². The number of rotatable bonds is 6. The topological polar surface area (TPSA) is 78.6 Å². The molecule has 3 heterocycles. The van der Waals surface area contributed by atoms with Gasteiger partial charge in [0.1, 0.15) is 23.1 Å². The van der Waals surface area contributed by atoms with Crippen molar-refractivity contribution in [2.75, 3.05) is 7.11 Å². The van der Waals surface area contributed by atoms with E-state index in [0.717, 1.165) is 46.8 Å². The maximum atomic E-state index is 14.6. The highest BCUT2D eigenvalue weighted by molar-refractivity contribution is 5.64. The summed E-state index contributed by atoms with van der Waals surface area (Å²) in [7, 11) is 1.65. The van der Waals surface area contributed by atoms with Crippen molar-refractivity contribution in [3.05, 3.63) is 107 Å². The van der Waals surface area contributed by atoms with Gasteiger partial charge in [-0.3, -0.25) is 4.98 Å². The predicted molar refractivity (Wildman–Crippen MR) is 149 cm³/mol. The van der Waals surface area contributed by atoms with Gasteiger partial charge in [0.15, 0.2) is 0 Å². The molecular formula is C32H28F2N6O. The van der Waals surface area contributed by atoms with Crippen molar-refractivity contribution in [3.8, 4) is 28.4 Å². The molecule has 0 saturated heterocycles. The zero-order chi connectivity index (χ0) is 28.4. The summed E-state index contributed by atoms with van der Waals surface area (Å²) in [5, 5.41) is 17.7. The van der Waals surface area contributed by atoms with Crippen LogP contribution in [0.25, 0.3) is 22.6 Å². The predicted octanol–water partition coefficient (Wildman–Crippen LogP) is 6.34. The Morgan fingerprint density at radius 2 is 1.66 bits per heavy atom. The summed E-state index contributed by atoms with van der Waals surface area (Å²) < 4.78 is 36.2. The van der Waals surface area contributed by atoms with Crippen LogP contribution in [0.2, 0.25) is 0 Å². The largest absolute Gasteiger partial charge is 0.497 e. The first-order chi connectivity index (χ1) is 19.8. The van der Waals surface area contributed by atoms with Gasteiger partial charge in [-0.05, 0) is 77.8 Å². The molecule has 0 radical (unpaired) electrons. The summed E-state index contributed by atoms with van der Waals surface area (Å²) in [6.45, 7) is 5.04. The zero-order valence-electron chi connectivity index (χ0n) is 23.0. The van der Waals surface area contributed by atoms with E-state index in [4.69, 9.17) is 9.72 Å². The number of pyridine rings is 1. The van der Waals surface area contributed by atoms with Crippen molar-refractivity contribution >= 4 is 0 Å². The Morgan fingerprint density at radius 3 is 2.41 bits per heavy atom. The molecule has 7 nitrogen and oxygen atoms in total. The molecule has 41 heavy (non-hydrogen) atoms. The third-order valence-electron chi connectivity index (χ3n) is 9.09. The van der Waals surface area contributed by atoms with E-state index in [1.807, 2.05) is 54.7 Å². The molecule has 2 aliphatic carbocycles. The van der Waals surface area contributed by atoms with Crippen LogP contribution in [0.15, 0.2) is 72.9 Å². The van der Waals surface area contributed by atoms with Gasteiger partial charge >= 0.3 is 0 Å². The minimum atomic E-state index is -0.647. The van der Waals surface area contributed by atoms with Crippen LogP contribution in [-0.2, 0) is 12.0 Å². The number of halogens is 2. The van der Waals surface area contributed by atoms with Crippen molar-refractivity contribution in [2.24, 2.45) is 5.41 Å². The lowest BCUT2D eigenvalue weighted by Crippen LogP contribution is -2.37. The summed E-state index contributed by atoms with van der Waals surface area (Å²) in [5.74, 6) is -0.326. The van der Waals surface area contributed by atoms with Gasteiger partial charge in [0.2, 0.25) is 0 Å². The standard InChI is InChI=1S/C32H28F2N6O/c1-31(2)22-14-15-32(31,30-21(22)16-26(36-38-30)29-23(33)6-4-7-24(29)34)28-9-5-8-25(35-28)27-18-40(39-37-27)17-19-10-12-20(41-3)13-11-19/h4-13,16,18,22H,14-15,17H2,1-3H3/t22-,32+/m0/s1. The molecule has 2 aliphatic rings. The van der Waals surface area contributed by atoms with Crippen LogP contribution in [0, 0.1) is 17.0 Å². The molecule has 7 rings (SSSR count). The minimum absolute atomic E-state index is 0.143. The number of aromatic nitrogens is 6. The Kier molecular flexibility index (Phi) is 5.74. The van der Waals surface area contributed by atoms with Gasteiger partial charge in [0.25, 0.3) is 0 Å². The van der Waals surface area contributed by atoms with Gasteiger partial charge in [0, 0.05) is 0 Å². The van der Waals surface area contributed by atoms with Crippen molar-refractivity contribution in [1.29, 1.82) is 0 Å². The normalized spacial score (nSPS) is 20.3. The monoisotopic (exact) mass is 550 g/mol. The first kappa shape index (κ1) is 25.4. The molecule has 1 fully saturated rings. The summed E-state index contributed by atoms with van der Waals surface area (Å²) in [5.41, 5.74) is 4.57. The lowest BCUT2D eigenvalue weighted by Gasteiger charge is -2.37. The summed E-state index contributed by atoms with van der Waals surface area (Å²) >= 11 is 0. The number of methoxy groups -OCH3 is 1. The lowest BCUT2D eigenvalue weighted by atomic mass is 9.66. The SMILES string of the molecule is COc1ccc(Cn2cc(-c3cccc([C@]45CC[C@@H](c6cc(-c7c(F)cccc7F)nnc64)C5(C)C)n3)nn2)cc1. The number of hydrogen-bond acceptors (Lipinski definition) is 6. The number of hydrogen-bond donors (Lipinski definition) is 0. The van der Waals surface area contributed by atoms with E-state index >= 15 is 0 Å². The highest BCUT2D eigenvalue weighted by atomic mass is 19.1. The highest BCUT2D eigenvalue weighted by Crippen LogP contribution is 2.69. The fourth-order valence-corrected chi connectivity index (χ4v) is 6.98. The average molecular weight is 551 g/mol. The Bertz CT molecular complexity index is 1760. The van der Waals surface area contributed by atoms with E-state index in [-0.39, 0.29) is 22.6 Å². The molecule has 0 unspecified atom stereocenters. The van der Waals surface area contributed by atoms with Gasteiger partial charge in [-0.25, -0.2) is 13.5 Å². The second kappa shape index (κ2) is 9.26. The first-order valence-electron chi connectivity index (χ1n) is 13.7. The second-order valence-corrected chi connectivity index (χ2v) is 11.4. The first-order valence-corrected chi connectivity index (χ1v) is 13.7. The van der Waals surface area contributed by atoms with Gasteiger partial charge in [-0.15, -0.1) is 10.2 Å². The molecule has 5 aromatic rings. The van der Waals surface area contributed by atoms with Crippen molar-refractivity contribution in [2.45, 2.75) is 44.6 Å². The van der Waals surface area contributed by atoms with E-state index in [2.05, 4.69) is 34.4 Å². The van der Waals surface area contributed by atoms with E-state index < -0.39 is 17.0 Å². The Hall–Kier alpha value is -4.53. The van der Waals surface area contributed by atoms with Gasteiger partial charge in [0.05, 0.1) is 53.6 Å². The summed E-state index contributed by atoms with van der Waals surface area (Å²) in [6.07, 6.45) is 3.68. The highest BCUT2D eigenvalue weighted by Gasteiger charge is 2.65. The molecule has 1 saturated carbocycles. The van der Waals surface area contributed by atoms with Crippen LogP contribution in [0.4, 0.5) is 8.78 Å². The molecule has 9 heteroatoms. The number of benzene rings is 2. The fourth-order valence-electron chi connectivity index (χ4n) is 6.98. The van der Waals surface area contributed by atoms with Crippen molar-refractivity contribution in [1.82, 2.24) is 30.2 Å². The average Bonchev–Trinajstić information content (AvgIpc) is 3.61. The fraction of sp³-hybridized carbons (Fsp3) is 0.281. The van der Waals surface area contributed by atoms with E-state index in [9.17, 15) is 8.78 Å².